The highest BCUT2D eigenvalue weighted by atomic mass is 31.2. The summed E-state index contributed by atoms with van der Waals surface area (Å²) in [6.07, 6.45) is 0. The smallest absolute Gasteiger partial charge is 0.0547 e. The summed E-state index contributed by atoms with van der Waals surface area (Å²) in [5.41, 5.74) is -0.531. The maximum atomic E-state index is 6.19. The Morgan fingerprint density at radius 2 is 0.354 bits per heavy atom. The first-order chi connectivity index (χ1) is 32.1. The zero-order valence-electron chi connectivity index (χ0n) is 36.8. The van der Waals surface area contributed by atoms with E-state index in [4.69, 9.17) is 14.2 Å². The van der Waals surface area contributed by atoms with Crippen LogP contribution in [-0.2, 0) is 0 Å². The molecule has 0 aromatic heterocycles. The summed E-state index contributed by atoms with van der Waals surface area (Å²) < 4.78 is 18.6. The van der Waals surface area contributed by atoms with Crippen molar-refractivity contribution in [1.29, 1.82) is 0 Å². The Morgan fingerprint density at radius 3 is 0.477 bits per heavy atom. The van der Waals surface area contributed by atoms with Crippen LogP contribution in [0.4, 0.5) is 0 Å². The highest BCUT2D eigenvalue weighted by Crippen LogP contribution is 2.51. The Hall–Kier alpha value is -6.33. The van der Waals surface area contributed by atoms with Crippen LogP contribution >= 0.6 is 21.2 Å². The number of nitrogens with zero attached hydrogens (tertiary/aromatic N) is 3. The minimum absolute atomic E-state index is 0.531. The molecule has 0 spiro atoms. The third-order valence-corrected chi connectivity index (χ3v) is 23.3. The van der Waals surface area contributed by atoms with Crippen molar-refractivity contribution in [3.8, 4) is 0 Å². The number of hydrogen-bond acceptors (Lipinski definition) is 3. The van der Waals surface area contributed by atoms with Gasteiger partial charge in [-0.3, -0.25) is 14.2 Å². The van der Waals surface area contributed by atoms with Crippen molar-refractivity contribution in [3.05, 3.63) is 273 Å². The molecule has 3 nitrogen and oxygen atoms in total. The van der Waals surface area contributed by atoms with E-state index in [2.05, 4.69) is 280 Å². The fourth-order valence-electron chi connectivity index (χ4n) is 8.85. The SMILES string of the molecule is CC(CN=P(c1ccccc1)(c1ccccc1)c1ccccc1)(CN=P(c1ccccc1)(c1ccccc1)c1ccccc1)CN=P(c1ccccc1)(c1ccccc1)c1ccccc1. The number of hydrogen-bond donors (Lipinski definition) is 0. The van der Waals surface area contributed by atoms with Gasteiger partial charge >= 0.3 is 0 Å². The molecule has 0 N–H and O–H groups in total. The second-order valence-electron chi connectivity index (χ2n) is 16.6. The molecule has 0 saturated heterocycles. The van der Waals surface area contributed by atoms with E-state index in [1.54, 1.807) is 0 Å². The van der Waals surface area contributed by atoms with Crippen molar-refractivity contribution in [3.63, 3.8) is 0 Å². The van der Waals surface area contributed by atoms with Crippen LogP contribution < -0.4 is 47.7 Å². The standard InChI is InChI=1S/C59H54N3P3/c1-59(47-60-63(50-29-11-2-12-30-50,51-31-13-3-14-32-51)52-33-15-4-16-34-52,48-61-64(53-35-17-5-18-36-53,54-37-19-6-20-38-54)55-39-21-7-22-40-55)49-62-65(56-41-23-8-24-42-56,57-43-25-9-26-44-57)58-45-27-10-28-46-58/h2-46H,47-49H2,1H3. The first-order valence-corrected chi connectivity index (χ1v) is 27.5. The molecule has 0 radical (unpaired) electrons. The van der Waals surface area contributed by atoms with Crippen LogP contribution in [0.1, 0.15) is 6.92 Å². The van der Waals surface area contributed by atoms with Gasteiger partial charge in [0.05, 0.1) is 21.2 Å². The molecule has 0 atom stereocenters. The van der Waals surface area contributed by atoms with Crippen LogP contribution in [0.15, 0.2) is 287 Å². The van der Waals surface area contributed by atoms with Crippen LogP contribution in [0.5, 0.6) is 0 Å². The Kier molecular flexibility index (Phi) is 13.7. The van der Waals surface area contributed by atoms with Crippen LogP contribution in [0, 0.1) is 5.41 Å². The molecule has 9 rings (SSSR count). The van der Waals surface area contributed by atoms with Gasteiger partial charge in [-0.1, -0.05) is 280 Å². The van der Waals surface area contributed by atoms with Crippen molar-refractivity contribution in [2.45, 2.75) is 6.92 Å². The normalized spacial score (nSPS) is 12.0. The molecule has 0 bridgehead atoms. The fraction of sp³-hybridized carbons (Fsp3) is 0.0847. The van der Waals surface area contributed by atoms with Gasteiger partial charge < -0.3 is 0 Å². The van der Waals surface area contributed by atoms with Gasteiger partial charge in [0, 0.05) is 72.8 Å². The van der Waals surface area contributed by atoms with Gasteiger partial charge in [0.1, 0.15) is 0 Å². The lowest BCUT2D eigenvalue weighted by Crippen LogP contribution is -2.33. The van der Waals surface area contributed by atoms with Crippen LogP contribution in [0.25, 0.3) is 0 Å². The molecule has 0 heterocycles. The van der Waals surface area contributed by atoms with Gasteiger partial charge in [0.15, 0.2) is 0 Å². The van der Waals surface area contributed by atoms with Gasteiger partial charge in [0.2, 0.25) is 0 Å². The third-order valence-electron chi connectivity index (χ3n) is 12.2. The maximum Gasteiger partial charge on any atom is 0.0547 e. The molecule has 0 aliphatic rings. The maximum absolute atomic E-state index is 6.19. The highest BCUT2D eigenvalue weighted by Gasteiger charge is 2.35. The Bertz CT molecular complexity index is 2410. The molecule has 0 unspecified atom stereocenters. The molecule has 0 saturated carbocycles. The van der Waals surface area contributed by atoms with Crippen LogP contribution in [0.2, 0.25) is 0 Å². The van der Waals surface area contributed by atoms with Crippen LogP contribution in [0.3, 0.4) is 0 Å². The second kappa shape index (κ2) is 20.2. The van der Waals surface area contributed by atoms with Crippen molar-refractivity contribution in [1.82, 2.24) is 0 Å². The summed E-state index contributed by atoms with van der Waals surface area (Å²) in [4.78, 5) is 0. The Balaban J connectivity index is 1.35. The van der Waals surface area contributed by atoms with E-state index in [0.29, 0.717) is 19.6 Å². The lowest BCUT2D eigenvalue weighted by atomic mass is 9.92. The summed E-state index contributed by atoms with van der Waals surface area (Å²) in [7, 11) is -7.70. The molecule has 6 heteroatoms. The number of rotatable bonds is 15. The first kappa shape index (κ1) is 43.9. The van der Waals surface area contributed by atoms with Gasteiger partial charge in [0.25, 0.3) is 0 Å². The van der Waals surface area contributed by atoms with E-state index >= 15 is 0 Å². The fourth-order valence-corrected chi connectivity index (χ4v) is 20.1. The average Bonchev–Trinajstić information content (AvgIpc) is 3.40. The minimum atomic E-state index is -2.57. The van der Waals surface area contributed by atoms with Gasteiger partial charge in [-0.05, 0) is 0 Å². The zero-order valence-corrected chi connectivity index (χ0v) is 39.5. The largest absolute Gasteiger partial charge is 0.289 e. The van der Waals surface area contributed by atoms with E-state index in [-0.39, 0.29) is 0 Å². The quantitative estimate of drug-likeness (QED) is 0.0920. The third kappa shape index (κ3) is 9.03. The minimum Gasteiger partial charge on any atom is -0.289 e. The second-order valence-corrected chi connectivity index (χ2v) is 25.9. The Labute approximate surface area is 386 Å². The van der Waals surface area contributed by atoms with Gasteiger partial charge in [-0.15, -0.1) is 0 Å². The van der Waals surface area contributed by atoms with E-state index in [1.807, 2.05) is 0 Å². The first-order valence-electron chi connectivity index (χ1n) is 22.3. The molecule has 0 aliphatic heterocycles. The van der Waals surface area contributed by atoms with Gasteiger partial charge in [-0.2, -0.15) is 0 Å². The summed E-state index contributed by atoms with van der Waals surface area (Å²) >= 11 is 0. The summed E-state index contributed by atoms with van der Waals surface area (Å²) in [5, 5.41) is 11.1. The molecule has 0 amide bonds. The van der Waals surface area contributed by atoms with E-state index in [0.717, 1.165) is 0 Å². The van der Waals surface area contributed by atoms with E-state index in [1.165, 1.54) is 47.7 Å². The predicted octanol–water partition coefficient (Wildman–Crippen LogP) is 11.5. The molecule has 9 aromatic rings. The van der Waals surface area contributed by atoms with Crippen LogP contribution in [-0.4, -0.2) is 19.6 Å². The molecular formula is C59H54N3P3. The topological polar surface area (TPSA) is 37.1 Å². The number of benzene rings is 9. The monoisotopic (exact) mass is 897 g/mol. The lowest BCUT2D eigenvalue weighted by Gasteiger charge is -2.34. The average molecular weight is 898 g/mol. The predicted molar refractivity (Wildman–Crippen MR) is 285 cm³/mol. The summed E-state index contributed by atoms with van der Waals surface area (Å²) in [6, 6.07) is 98.8. The molecule has 0 aliphatic carbocycles. The molecule has 320 valence electrons. The lowest BCUT2D eigenvalue weighted by molar-refractivity contribution is 0.369. The molecule has 9 aromatic carbocycles. The molecular weight excluding hydrogens is 844 g/mol. The highest BCUT2D eigenvalue weighted by molar-refractivity contribution is 7.88. The van der Waals surface area contributed by atoms with Crippen molar-refractivity contribution in [2.24, 2.45) is 19.6 Å². The van der Waals surface area contributed by atoms with Crippen molar-refractivity contribution < 1.29 is 0 Å². The summed E-state index contributed by atoms with van der Waals surface area (Å²) in [6.45, 7) is 3.99. The molecule has 65 heavy (non-hydrogen) atoms. The summed E-state index contributed by atoms with van der Waals surface area (Å²) in [5.74, 6) is 0. The molecule has 0 fully saturated rings. The van der Waals surface area contributed by atoms with Gasteiger partial charge in [-0.25, -0.2) is 0 Å². The van der Waals surface area contributed by atoms with E-state index in [9.17, 15) is 0 Å². The zero-order chi connectivity index (χ0) is 44.3. The van der Waals surface area contributed by atoms with Crippen molar-refractivity contribution >= 4 is 68.9 Å². The van der Waals surface area contributed by atoms with E-state index < -0.39 is 26.6 Å². The van der Waals surface area contributed by atoms with Crippen molar-refractivity contribution in [2.75, 3.05) is 19.6 Å². The Morgan fingerprint density at radius 1 is 0.231 bits per heavy atom.